The van der Waals surface area contributed by atoms with E-state index in [9.17, 15) is 4.79 Å². The number of aliphatic hydroxyl groups is 1. The van der Waals surface area contributed by atoms with Crippen LogP contribution in [0.15, 0.2) is 30.3 Å². The molecule has 21 heavy (non-hydrogen) atoms. The first kappa shape index (κ1) is 16.0. The number of amides is 1. The van der Waals surface area contributed by atoms with Crippen molar-refractivity contribution >= 4 is 5.91 Å². The summed E-state index contributed by atoms with van der Waals surface area (Å²) in [4.78, 5) is 16.8. The van der Waals surface area contributed by atoms with Crippen molar-refractivity contribution in [3.8, 4) is 0 Å². The fraction of sp³-hybridized carbons (Fsp3) is 0.588. The normalized spacial score (nSPS) is 20.6. The van der Waals surface area contributed by atoms with Gasteiger partial charge in [0.25, 0.3) is 0 Å². The molecule has 116 valence electrons. The zero-order chi connectivity index (χ0) is 15.1. The summed E-state index contributed by atoms with van der Waals surface area (Å²) in [6, 6.07) is 10.5. The average Bonchev–Trinajstić information content (AvgIpc) is 2.67. The minimum absolute atomic E-state index is 0.217. The fourth-order valence-electron chi connectivity index (χ4n) is 2.93. The highest BCUT2D eigenvalue weighted by Crippen LogP contribution is 2.17. The lowest BCUT2D eigenvalue weighted by molar-refractivity contribution is -0.133. The zero-order valence-corrected chi connectivity index (χ0v) is 12.9. The van der Waals surface area contributed by atoms with Crippen LogP contribution < -0.4 is 0 Å². The van der Waals surface area contributed by atoms with Gasteiger partial charge in [0.05, 0.1) is 0 Å². The molecule has 0 spiro atoms. The van der Waals surface area contributed by atoms with Crippen molar-refractivity contribution in [3.63, 3.8) is 0 Å². The van der Waals surface area contributed by atoms with Gasteiger partial charge in [0.1, 0.15) is 0 Å². The van der Waals surface area contributed by atoms with Crippen molar-refractivity contribution in [3.05, 3.63) is 35.9 Å². The molecule has 0 aromatic heterocycles. The molecular weight excluding hydrogens is 264 g/mol. The number of carbonyl (C=O) groups excluding carboxylic acids is 1. The summed E-state index contributed by atoms with van der Waals surface area (Å²) in [5.41, 5.74) is 1.19. The molecule has 1 atom stereocenters. The Bertz CT molecular complexity index is 436. The second kappa shape index (κ2) is 8.15. The van der Waals surface area contributed by atoms with Gasteiger partial charge in [0.2, 0.25) is 5.91 Å². The molecule has 1 aliphatic heterocycles. The van der Waals surface area contributed by atoms with Crippen LogP contribution in [0.1, 0.15) is 31.7 Å². The topological polar surface area (TPSA) is 43.8 Å². The SMILES string of the molecule is CCC1CN(CCCO)CCC(=O)N1Cc1ccccc1. The van der Waals surface area contributed by atoms with Gasteiger partial charge in [-0.25, -0.2) is 0 Å². The Morgan fingerprint density at radius 1 is 1.29 bits per heavy atom. The number of hydrogen-bond acceptors (Lipinski definition) is 3. The molecule has 1 aromatic carbocycles. The van der Waals surface area contributed by atoms with Gasteiger partial charge in [-0.1, -0.05) is 37.3 Å². The second-order valence-corrected chi connectivity index (χ2v) is 5.70. The van der Waals surface area contributed by atoms with Crippen molar-refractivity contribution < 1.29 is 9.90 Å². The van der Waals surface area contributed by atoms with Crippen LogP contribution in [0.5, 0.6) is 0 Å². The summed E-state index contributed by atoms with van der Waals surface area (Å²) in [5.74, 6) is 0.247. The molecule has 1 fully saturated rings. The molecule has 4 heteroatoms. The number of carbonyl (C=O) groups is 1. The number of nitrogens with zero attached hydrogens (tertiary/aromatic N) is 2. The van der Waals surface area contributed by atoms with Gasteiger partial charge in [-0.3, -0.25) is 4.79 Å². The van der Waals surface area contributed by atoms with Gasteiger partial charge in [0.15, 0.2) is 0 Å². The standard InChI is InChI=1S/C17H26N2O2/c1-2-16-14-18(10-6-12-20)11-9-17(21)19(16)13-15-7-4-3-5-8-15/h3-5,7-8,16,20H,2,6,9-14H2,1H3. The van der Waals surface area contributed by atoms with Gasteiger partial charge in [-0.2, -0.15) is 0 Å². The molecule has 1 aromatic rings. The Labute approximate surface area is 127 Å². The molecule has 0 radical (unpaired) electrons. The lowest BCUT2D eigenvalue weighted by Crippen LogP contribution is -2.42. The number of benzene rings is 1. The van der Waals surface area contributed by atoms with Crippen LogP contribution in [0.25, 0.3) is 0 Å². The molecule has 1 unspecified atom stereocenters. The van der Waals surface area contributed by atoms with Crippen LogP contribution in [-0.4, -0.2) is 53.1 Å². The molecule has 1 N–H and O–H groups in total. The molecule has 1 aliphatic rings. The van der Waals surface area contributed by atoms with E-state index >= 15 is 0 Å². The van der Waals surface area contributed by atoms with E-state index in [2.05, 4.69) is 24.0 Å². The minimum atomic E-state index is 0.217. The third kappa shape index (κ3) is 4.55. The van der Waals surface area contributed by atoms with Gasteiger partial charge in [0, 0.05) is 45.2 Å². The van der Waals surface area contributed by atoms with Gasteiger partial charge >= 0.3 is 0 Å². The Morgan fingerprint density at radius 2 is 2.05 bits per heavy atom. The smallest absolute Gasteiger partial charge is 0.224 e. The van der Waals surface area contributed by atoms with Crippen molar-refractivity contribution in [1.82, 2.24) is 9.80 Å². The van der Waals surface area contributed by atoms with E-state index in [4.69, 9.17) is 5.11 Å². The lowest BCUT2D eigenvalue weighted by Gasteiger charge is -2.31. The van der Waals surface area contributed by atoms with Crippen molar-refractivity contribution in [2.45, 2.75) is 38.8 Å². The maximum atomic E-state index is 12.5. The van der Waals surface area contributed by atoms with Crippen LogP contribution in [0.2, 0.25) is 0 Å². The molecular formula is C17H26N2O2. The summed E-state index contributed by atoms with van der Waals surface area (Å²) in [6.07, 6.45) is 2.33. The first-order chi connectivity index (χ1) is 10.2. The highest BCUT2D eigenvalue weighted by Gasteiger charge is 2.28. The number of aliphatic hydroxyl groups excluding tert-OH is 1. The largest absolute Gasteiger partial charge is 0.396 e. The number of rotatable bonds is 6. The predicted molar refractivity (Wildman–Crippen MR) is 83.8 cm³/mol. The van der Waals surface area contributed by atoms with E-state index < -0.39 is 0 Å². The number of hydrogen-bond donors (Lipinski definition) is 1. The highest BCUT2D eigenvalue weighted by molar-refractivity contribution is 5.77. The third-order valence-corrected chi connectivity index (χ3v) is 4.17. The van der Waals surface area contributed by atoms with Crippen LogP contribution in [-0.2, 0) is 11.3 Å². The minimum Gasteiger partial charge on any atom is -0.396 e. The molecule has 0 saturated carbocycles. The van der Waals surface area contributed by atoms with E-state index in [0.29, 0.717) is 13.0 Å². The van der Waals surface area contributed by atoms with E-state index in [-0.39, 0.29) is 18.6 Å². The van der Waals surface area contributed by atoms with Crippen LogP contribution in [0.4, 0.5) is 0 Å². The summed E-state index contributed by atoms with van der Waals surface area (Å²) >= 11 is 0. The van der Waals surface area contributed by atoms with E-state index in [1.165, 1.54) is 5.56 Å². The Balaban J connectivity index is 2.05. The molecule has 1 saturated heterocycles. The summed E-state index contributed by atoms with van der Waals surface area (Å²) in [6.45, 7) is 5.65. The average molecular weight is 290 g/mol. The van der Waals surface area contributed by atoms with E-state index in [1.807, 2.05) is 23.1 Å². The molecule has 1 amide bonds. The summed E-state index contributed by atoms with van der Waals surface area (Å²) < 4.78 is 0. The molecule has 2 rings (SSSR count). The Hall–Kier alpha value is -1.39. The lowest BCUT2D eigenvalue weighted by atomic mass is 10.1. The van der Waals surface area contributed by atoms with Gasteiger partial charge in [-0.15, -0.1) is 0 Å². The monoisotopic (exact) mass is 290 g/mol. The van der Waals surface area contributed by atoms with E-state index in [0.717, 1.165) is 32.5 Å². The van der Waals surface area contributed by atoms with Crippen LogP contribution in [0.3, 0.4) is 0 Å². The molecule has 4 nitrogen and oxygen atoms in total. The molecule has 0 bridgehead atoms. The van der Waals surface area contributed by atoms with Crippen LogP contribution >= 0.6 is 0 Å². The predicted octanol–water partition coefficient (Wildman–Crippen LogP) is 1.88. The first-order valence-electron chi connectivity index (χ1n) is 7.91. The quantitative estimate of drug-likeness (QED) is 0.870. The van der Waals surface area contributed by atoms with E-state index in [1.54, 1.807) is 0 Å². The summed E-state index contributed by atoms with van der Waals surface area (Å²) in [5, 5.41) is 8.99. The van der Waals surface area contributed by atoms with Crippen LogP contribution in [0, 0.1) is 0 Å². The maximum absolute atomic E-state index is 12.5. The van der Waals surface area contributed by atoms with Gasteiger partial charge < -0.3 is 14.9 Å². The molecule has 1 heterocycles. The molecule has 0 aliphatic carbocycles. The fourth-order valence-corrected chi connectivity index (χ4v) is 2.93. The summed E-state index contributed by atoms with van der Waals surface area (Å²) in [7, 11) is 0. The second-order valence-electron chi connectivity index (χ2n) is 5.70. The van der Waals surface area contributed by atoms with Crippen molar-refractivity contribution in [1.29, 1.82) is 0 Å². The Morgan fingerprint density at radius 3 is 2.71 bits per heavy atom. The van der Waals surface area contributed by atoms with Gasteiger partial charge in [-0.05, 0) is 18.4 Å². The van der Waals surface area contributed by atoms with Crippen molar-refractivity contribution in [2.24, 2.45) is 0 Å². The van der Waals surface area contributed by atoms with Crippen molar-refractivity contribution in [2.75, 3.05) is 26.2 Å². The zero-order valence-electron chi connectivity index (χ0n) is 12.9. The third-order valence-electron chi connectivity index (χ3n) is 4.17. The maximum Gasteiger partial charge on any atom is 0.224 e. The highest BCUT2D eigenvalue weighted by atomic mass is 16.3. The Kier molecular flexibility index (Phi) is 6.21. The first-order valence-corrected chi connectivity index (χ1v) is 7.91.